The standard InChI is InChI=1S/C16H24N4/c1-19-11-13(7-16(19)8-17)10-18-9-12-5-14-3-4-15(6-12)20(14)2/h7,11-12,14-15,18H,3-6,9-10H2,1-2H3. The number of rotatable bonds is 4. The van der Waals surface area contributed by atoms with Gasteiger partial charge in [-0.25, -0.2) is 0 Å². The molecule has 1 N–H and O–H groups in total. The van der Waals surface area contributed by atoms with E-state index in [0.29, 0.717) is 0 Å². The lowest BCUT2D eigenvalue weighted by Crippen LogP contribution is -2.42. The first-order chi connectivity index (χ1) is 9.67. The van der Waals surface area contributed by atoms with E-state index in [-0.39, 0.29) is 0 Å². The fourth-order valence-electron chi connectivity index (χ4n) is 3.95. The Morgan fingerprint density at radius 3 is 2.60 bits per heavy atom. The zero-order valence-electron chi connectivity index (χ0n) is 12.5. The van der Waals surface area contributed by atoms with Crippen LogP contribution in [0.25, 0.3) is 0 Å². The number of piperidine rings is 1. The highest BCUT2D eigenvalue weighted by atomic mass is 15.2. The molecule has 4 nitrogen and oxygen atoms in total. The molecule has 2 aliphatic heterocycles. The van der Waals surface area contributed by atoms with Gasteiger partial charge in [0.15, 0.2) is 0 Å². The Kier molecular flexibility index (Phi) is 3.82. The van der Waals surface area contributed by atoms with Crippen molar-refractivity contribution in [3.63, 3.8) is 0 Å². The SMILES string of the molecule is CN1C2CCC1CC(CNCc1cc(C#N)n(C)c1)C2. The number of fused-ring (bicyclic) bond motifs is 2. The number of aromatic nitrogens is 1. The highest BCUT2D eigenvalue weighted by Crippen LogP contribution is 2.36. The lowest BCUT2D eigenvalue weighted by atomic mass is 9.91. The van der Waals surface area contributed by atoms with Crippen LogP contribution in [0.3, 0.4) is 0 Å². The molecule has 2 aliphatic rings. The van der Waals surface area contributed by atoms with Crippen LogP contribution in [-0.2, 0) is 13.6 Å². The van der Waals surface area contributed by atoms with Crippen LogP contribution in [0.15, 0.2) is 12.3 Å². The van der Waals surface area contributed by atoms with Gasteiger partial charge in [0.1, 0.15) is 11.8 Å². The van der Waals surface area contributed by atoms with E-state index in [1.165, 1.54) is 31.2 Å². The molecule has 0 aliphatic carbocycles. The van der Waals surface area contributed by atoms with Crippen LogP contribution in [-0.4, -0.2) is 35.1 Å². The highest BCUT2D eigenvalue weighted by Gasteiger charge is 2.37. The first-order valence-corrected chi connectivity index (χ1v) is 7.65. The summed E-state index contributed by atoms with van der Waals surface area (Å²) in [6.07, 6.45) is 7.52. The molecule has 0 aromatic carbocycles. The van der Waals surface area contributed by atoms with Gasteiger partial charge in [0.25, 0.3) is 0 Å². The summed E-state index contributed by atoms with van der Waals surface area (Å²) in [5, 5.41) is 12.5. The summed E-state index contributed by atoms with van der Waals surface area (Å²) < 4.78 is 1.90. The maximum Gasteiger partial charge on any atom is 0.120 e. The largest absolute Gasteiger partial charge is 0.342 e. The molecule has 20 heavy (non-hydrogen) atoms. The van der Waals surface area contributed by atoms with E-state index in [1.807, 2.05) is 23.9 Å². The van der Waals surface area contributed by atoms with E-state index in [9.17, 15) is 0 Å². The number of hydrogen-bond donors (Lipinski definition) is 1. The average Bonchev–Trinajstić information content (AvgIpc) is 2.86. The molecule has 4 heteroatoms. The molecule has 3 heterocycles. The van der Waals surface area contributed by atoms with Crippen molar-refractivity contribution in [2.45, 2.75) is 44.3 Å². The molecular formula is C16H24N4. The quantitative estimate of drug-likeness (QED) is 0.910. The second-order valence-corrected chi connectivity index (χ2v) is 6.48. The summed E-state index contributed by atoms with van der Waals surface area (Å²) in [5.41, 5.74) is 1.94. The molecule has 0 radical (unpaired) electrons. The van der Waals surface area contributed by atoms with Gasteiger partial charge in [-0.05, 0) is 56.8 Å². The van der Waals surface area contributed by atoms with Gasteiger partial charge < -0.3 is 14.8 Å². The Balaban J connectivity index is 1.47. The molecule has 2 fully saturated rings. The normalized spacial score (nSPS) is 29.6. The van der Waals surface area contributed by atoms with Gasteiger partial charge >= 0.3 is 0 Å². The first kappa shape index (κ1) is 13.7. The minimum absolute atomic E-state index is 0.735. The van der Waals surface area contributed by atoms with Crippen LogP contribution in [0.1, 0.15) is 36.9 Å². The maximum absolute atomic E-state index is 8.96. The molecule has 0 amide bonds. The minimum atomic E-state index is 0.735. The second kappa shape index (κ2) is 5.59. The molecule has 0 saturated carbocycles. The van der Waals surface area contributed by atoms with Crippen LogP contribution < -0.4 is 5.32 Å². The Morgan fingerprint density at radius 1 is 1.30 bits per heavy atom. The van der Waals surface area contributed by atoms with Gasteiger partial charge in [-0.15, -0.1) is 0 Å². The summed E-state index contributed by atoms with van der Waals surface area (Å²) in [6, 6.07) is 5.83. The van der Waals surface area contributed by atoms with E-state index in [2.05, 4.69) is 23.3 Å². The number of nitriles is 1. The predicted octanol–water partition coefficient (Wildman–Crippen LogP) is 1.86. The first-order valence-electron chi connectivity index (χ1n) is 7.65. The Bertz CT molecular complexity index is 499. The van der Waals surface area contributed by atoms with Gasteiger partial charge in [0.05, 0.1) is 0 Å². The van der Waals surface area contributed by atoms with E-state index < -0.39 is 0 Å². The van der Waals surface area contributed by atoms with Crippen molar-refractivity contribution >= 4 is 0 Å². The van der Waals surface area contributed by atoms with Gasteiger partial charge in [0.2, 0.25) is 0 Å². The minimum Gasteiger partial charge on any atom is -0.342 e. The third-order valence-electron chi connectivity index (χ3n) is 5.13. The van der Waals surface area contributed by atoms with Gasteiger partial charge in [0, 0.05) is 31.9 Å². The van der Waals surface area contributed by atoms with Crippen molar-refractivity contribution in [2.24, 2.45) is 13.0 Å². The lowest BCUT2D eigenvalue weighted by molar-refractivity contribution is 0.133. The summed E-state index contributed by atoms with van der Waals surface area (Å²) >= 11 is 0. The van der Waals surface area contributed by atoms with Crippen LogP contribution in [0.4, 0.5) is 0 Å². The zero-order chi connectivity index (χ0) is 14.1. The Hall–Kier alpha value is -1.31. The number of nitrogens with zero attached hydrogens (tertiary/aromatic N) is 3. The summed E-state index contributed by atoms with van der Waals surface area (Å²) in [7, 11) is 4.22. The third kappa shape index (κ3) is 2.61. The van der Waals surface area contributed by atoms with Crippen molar-refractivity contribution in [1.82, 2.24) is 14.8 Å². The monoisotopic (exact) mass is 272 g/mol. The van der Waals surface area contributed by atoms with Crippen LogP contribution in [0.5, 0.6) is 0 Å². The van der Waals surface area contributed by atoms with Crippen molar-refractivity contribution in [3.8, 4) is 6.07 Å². The van der Waals surface area contributed by atoms with Gasteiger partial charge in [-0.3, -0.25) is 0 Å². The van der Waals surface area contributed by atoms with Crippen molar-refractivity contribution in [2.75, 3.05) is 13.6 Å². The van der Waals surface area contributed by atoms with Crippen LogP contribution >= 0.6 is 0 Å². The van der Waals surface area contributed by atoms with Crippen molar-refractivity contribution in [1.29, 1.82) is 5.26 Å². The molecule has 2 saturated heterocycles. The smallest absolute Gasteiger partial charge is 0.120 e. The highest BCUT2D eigenvalue weighted by molar-refractivity contribution is 5.28. The molecule has 2 atom stereocenters. The van der Waals surface area contributed by atoms with Crippen molar-refractivity contribution in [3.05, 3.63) is 23.5 Å². The molecule has 2 bridgehead atoms. The Labute approximate surface area is 121 Å². The summed E-state index contributed by atoms with van der Waals surface area (Å²) in [4.78, 5) is 2.59. The van der Waals surface area contributed by atoms with E-state index in [0.717, 1.165) is 36.8 Å². The summed E-state index contributed by atoms with van der Waals surface area (Å²) in [5.74, 6) is 0.822. The topological polar surface area (TPSA) is 44.0 Å². The van der Waals surface area contributed by atoms with Crippen LogP contribution in [0, 0.1) is 17.2 Å². The predicted molar refractivity (Wildman–Crippen MR) is 79.1 cm³/mol. The maximum atomic E-state index is 8.96. The van der Waals surface area contributed by atoms with E-state index >= 15 is 0 Å². The zero-order valence-corrected chi connectivity index (χ0v) is 12.5. The molecule has 108 valence electrons. The molecule has 1 aromatic rings. The Morgan fingerprint density at radius 2 is 2.00 bits per heavy atom. The molecule has 2 unspecified atom stereocenters. The number of hydrogen-bond acceptors (Lipinski definition) is 3. The summed E-state index contributed by atoms with van der Waals surface area (Å²) in [6.45, 7) is 1.98. The van der Waals surface area contributed by atoms with Gasteiger partial charge in [-0.2, -0.15) is 5.26 Å². The number of nitrogens with one attached hydrogen (secondary N) is 1. The fraction of sp³-hybridized carbons (Fsp3) is 0.688. The molecule has 0 spiro atoms. The van der Waals surface area contributed by atoms with E-state index in [1.54, 1.807) is 0 Å². The van der Waals surface area contributed by atoms with Crippen LogP contribution in [0.2, 0.25) is 0 Å². The second-order valence-electron chi connectivity index (χ2n) is 6.48. The van der Waals surface area contributed by atoms with Gasteiger partial charge in [-0.1, -0.05) is 0 Å². The molecule has 3 rings (SSSR count). The molecule has 1 aromatic heterocycles. The third-order valence-corrected chi connectivity index (χ3v) is 5.13. The lowest BCUT2D eigenvalue weighted by Gasteiger charge is -2.36. The average molecular weight is 272 g/mol. The number of aryl methyl sites for hydroxylation is 1. The molecular weight excluding hydrogens is 248 g/mol. The fourth-order valence-corrected chi connectivity index (χ4v) is 3.95. The van der Waals surface area contributed by atoms with Crippen molar-refractivity contribution < 1.29 is 0 Å². The van der Waals surface area contributed by atoms with E-state index in [4.69, 9.17) is 5.26 Å².